The third kappa shape index (κ3) is 10.8. The molecule has 0 spiro atoms. The van der Waals surface area contributed by atoms with Crippen LogP contribution in [0.5, 0.6) is 0 Å². The molecule has 1 saturated carbocycles. The number of hydrogen-bond donors (Lipinski definition) is 0. The van der Waals surface area contributed by atoms with Gasteiger partial charge in [-0.15, -0.1) is 34.0 Å². The summed E-state index contributed by atoms with van der Waals surface area (Å²) in [5, 5.41) is 15.5. The Morgan fingerprint density at radius 2 is 0.787 bits per heavy atom. The number of thiophene rings is 3. The van der Waals surface area contributed by atoms with Gasteiger partial charge in [0, 0.05) is 86.8 Å². The van der Waals surface area contributed by atoms with Crippen LogP contribution in [0.3, 0.4) is 0 Å². The van der Waals surface area contributed by atoms with Crippen LogP contribution >= 0.6 is 34.0 Å². The van der Waals surface area contributed by atoms with Gasteiger partial charge in [0.15, 0.2) is 18.6 Å². The van der Waals surface area contributed by atoms with E-state index in [2.05, 4.69) is 262 Å². The number of benzene rings is 10. The fraction of sp³-hybridized carbons (Fsp3) is 0.169. The molecule has 16 aromatic rings. The standard InChI is InChI=1S/C29H28NS.C29H22NS.C25H22NS/c2*1-19-8-6-7-11-24(19)27-17-26-25-15-22-13-12-21(20-9-4-3-5-10-20)14-23(22)16-28(25)31-29(26)18-30(27)2;1-15-6-8-20(17(3)9-15)23-13-22-21-11-18-7-5-16(2)10-19(18)12-24(21)27-25(22)14-26(23)4/h6-8,11-18,20H,3-5,9-10H2,1-2H3;3-18H,1-2H3;5-14H,1-4H3/q3*+1/i20D;;1D3. The number of aryl methyl sites for hydroxylation is 8. The average Bonchev–Trinajstić information content (AvgIpc) is 1.65. The Morgan fingerprint density at radius 1 is 0.348 bits per heavy atom. The highest BCUT2D eigenvalue weighted by atomic mass is 32.1. The van der Waals surface area contributed by atoms with Crippen LogP contribution in [0, 0.1) is 34.5 Å². The van der Waals surface area contributed by atoms with Crippen LogP contribution in [0.25, 0.3) is 138 Å². The molecular formula is C83H72N3S3+3. The Hall–Kier alpha value is -8.91. The largest absolute Gasteiger partial charge is 0.213 e. The van der Waals surface area contributed by atoms with Gasteiger partial charge < -0.3 is 0 Å². The summed E-state index contributed by atoms with van der Waals surface area (Å²) in [5.74, 6) is -0.405. The first kappa shape index (κ1) is 52.1. The fourth-order valence-electron chi connectivity index (χ4n) is 13.7. The van der Waals surface area contributed by atoms with E-state index in [4.69, 9.17) is 5.48 Å². The maximum absolute atomic E-state index is 9.03. The van der Waals surface area contributed by atoms with Crippen molar-refractivity contribution in [2.45, 2.75) is 72.5 Å². The van der Waals surface area contributed by atoms with Gasteiger partial charge in [0.05, 0.1) is 14.1 Å². The number of nitrogens with zero attached hydrogens (tertiary/aromatic N) is 3. The van der Waals surface area contributed by atoms with E-state index in [1.54, 1.807) is 12.1 Å². The van der Waals surface area contributed by atoms with Crippen molar-refractivity contribution >= 4 is 127 Å². The molecule has 434 valence electrons. The first-order valence-corrected chi connectivity index (χ1v) is 33.5. The summed E-state index contributed by atoms with van der Waals surface area (Å²) >= 11 is 5.57. The minimum Gasteiger partial charge on any atom is -0.200 e. The second-order valence-electron chi connectivity index (χ2n) is 24.7. The van der Waals surface area contributed by atoms with Crippen LogP contribution in [0.15, 0.2) is 225 Å². The van der Waals surface area contributed by atoms with E-state index < -0.39 is 12.7 Å². The smallest absolute Gasteiger partial charge is 0.200 e. The first-order valence-electron chi connectivity index (χ1n) is 33.0. The molecule has 6 aromatic heterocycles. The van der Waals surface area contributed by atoms with Crippen LogP contribution in [-0.4, -0.2) is 0 Å². The lowest BCUT2D eigenvalue weighted by molar-refractivity contribution is -0.659. The summed E-state index contributed by atoms with van der Waals surface area (Å²) in [6.07, 6.45) is 12.3. The minimum atomic E-state index is -2.08. The second-order valence-corrected chi connectivity index (χ2v) is 27.9. The molecule has 0 N–H and O–H groups in total. The number of rotatable bonds is 5. The number of hydrogen-bond acceptors (Lipinski definition) is 3. The molecule has 89 heavy (non-hydrogen) atoms. The molecule has 0 bridgehead atoms. The maximum Gasteiger partial charge on any atom is 0.213 e. The van der Waals surface area contributed by atoms with E-state index >= 15 is 0 Å². The zero-order valence-electron chi connectivity index (χ0n) is 55.5. The molecule has 3 nitrogen and oxygen atoms in total. The number of pyridine rings is 3. The van der Waals surface area contributed by atoms with Crippen molar-refractivity contribution in [2.24, 2.45) is 21.1 Å². The Morgan fingerprint density at radius 3 is 1.29 bits per heavy atom. The van der Waals surface area contributed by atoms with Gasteiger partial charge in [-0.3, -0.25) is 0 Å². The van der Waals surface area contributed by atoms with Crippen molar-refractivity contribution in [3.8, 4) is 44.9 Å². The highest BCUT2D eigenvalue weighted by Gasteiger charge is 2.22. The Kier molecular flexibility index (Phi) is 13.6. The first-order chi connectivity index (χ1) is 44.9. The van der Waals surface area contributed by atoms with Gasteiger partial charge in [-0.05, 0) is 180 Å². The lowest BCUT2D eigenvalue weighted by Gasteiger charge is -2.22. The number of aromatic nitrogens is 3. The van der Waals surface area contributed by atoms with E-state index in [9.17, 15) is 0 Å². The summed E-state index contributed by atoms with van der Waals surface area (Å²) < 4.78 is 46.6. The molecule has 10 aromatic carbocycles. The van der Waals surface area contributed by atoms with Crippen molar-refractivity contribution in [2.75, 3.05) is 0 Å². The lowest BCUT2D eigenvalue weighted by Crippen LogP contribution is -2.30. The lowest BCUT2D eigenvalue weighted by atomic mass is 9.83. The van der Waals surface area contributed by atoms with E-state index in [1.807, 2.05) is 47.0 Å². The predicted octanol–water partition coefficient (Wildman–Crippen LogP) is 22.4. The van der Waals surface area contributed by atoms with Gasteiger partial charge in [0.1, 0.15) is 21.1 Å². The molecule has 1 aliphatic rings. The Labute approximate surface area is 539 Å². The van der Waals surface area contributed by atoms with Crippen molar-refractivity contribution in [1.29, 1.82) is 0 Å². The van der Waals surface area contributed by atoms with Crippen molar-refractivity contribution in [3.05, 3.63) is 258 Å². The molecule has 0 unspecified atom stereocenters. The Bertz CT molecular complexity index is 5650. The van der Waals surface area contributed by atoms with Crippen LogP contribution in [0.2, 0.25) is 0 Å². The van der Waals surface area contributed by atoms with Crippen molar-refractivity contribution < 1.29 is 19.2 Å². The summed E-state index contributed by atoms with van der Waals surface area (Å²) in [6, 6.07) is 74.4. The van der Waals surface area contributed by atoms with Gasteiger partial charge >= 0.3 is 0 Å². The second kappa shape index (κ2) is 23.2. The SMILES string of the molecule is Cc1ccccc1-c1cc2c(c[n+]1C)sc1cc3cc(-c4ccccc4)ccc3cc12.[2H]C([2H])([2H])c1ccc(-c2cc3c(c[n+]2C)sc2cc4cc(C)ccc4cc23)c(C)c1.[2H]C1(c2ccc3cc4c(cc3c2)sc2c[n+](C)c(-c3ccccc3C)cc24)CCCCC1. The van der Waals surface area contributed by atoms with Gasteiger partial charge in [-0.2, -0.15) is 13.7 Å². The normalized spacial score (nSPS) is 14.1. The van der Waals surface area contributed by atoms with E-state index in [1.165, 1.54) is 168 Å². The molecule has 17 rings (SSSR count). The summed E-state index contributed by atoms with van der Waals surface area (Å²) in [5.41, 5.74) is 16.2. The van der Waals surface area contributed by atoms with Crippen LogP contribution in [-0.2, 0) is 21.1 Å². The summed E-state index contributed by atoms with van der Waals surface area (Å²) in [6.45, 7) is 6.39. The van der Waals surface area contributed by atoms with Crippen molar-refractivity contribution in [3.63, 3.8) is 0 Å². The molecule has 0 atom stereocenters. The number of fused-ring (bicyclic) bond motifs is 12. The fourth-order valence-corrected chi connectivity index (χ4v) is 17.3. The zero-order valence-corrected chi connectivity index (χ0v) is 53.9. The molecular weight excluding hydrogens is 1140 g/mol. The summed E-state index contributed by atoms with van der Waals surface area (Å²) in [4.78, 5) is 0. The van der Waals surface area contributed by atoms with Gasteiger partial charge in [0.25, 0.3) is 0 Å². The van der Waals surface area contributed by atoms with E-state index in [0.29, 0.717) is 5.56 Å². The third-order valence-electron chi connectivity index (χ3n) is 18.5. The van der Waals surface area contributed by atoms with E-state index in [0.717, 1.165) is 29.7 Å². The highest BCUT2D eigenvalue weighted by molar-refractivity contribution is 7.26. The average molecular weight is 1210 g/mol. The molecule has 0 aliphatic heterocycles. The van der Waals surface area contributed by atoms with Crippen molar-refractivity contribution in [1.82, 2.24) is 0 Å². The van der Waals surface area contributed by atoms with E-state index in [-0.39, 0.29) is 0 Å². The van der Waals surface area contributed by atoms with Gasteiger partial charge in [-0.1, -0.05) is 158 Å². The third-order valence-corrected chi connectivity index (χ3v) is 21.8. The van der Waals surface area contributed by atoms with Crippen LogP contribution in [0.1, 0.15) is 76.9 Å². The Balaban J connectivity index is 0.000000115. The maximum atomic E-state index is 9.03. The molecule has 6 heterocycles. The molecule has 0 amide bonds. The monoisotopic (exact) mass is 1210 g/mol. The molecule has 1 fully saturated rings. The summed E-state index contributed by atoms with van der Waals surface area (Å²) in [7, 11) is 6.34. The molecule has 0 saturated heterocycles. The van der Waals surface area contributed by atoms with Crippen LogP contribution < -0.4 is 13.7 Å². The topological polar surface area (TPSA) is 11.6 Å². The predicted molar refractivity (Wildman–Crippen MR) is 385 cm³/mol. The van der Waals surface area contributed by atoms with Crippen LogP contribution in [0.4, 0.5) is 0 Å². The quantitative estimate of drug-likeness (QED) is 0.152. The molecule has 1 aliphatic carbocycles. The highest BCUT2D eigenvalue weighted by Crippen LogP contribution is 2.43. The van der Waals surface area contributed by atoms with Gasteiger partial charge in [-0.25, -0.2) is 0 Å². The molecule has 0 radical (unpaired) electrons. The minimum absolute atomic E-state index is 0.384. The molecule has 6 heteroatoms. The zero-order chi connectivity index (χ0) is 64.0. The van der Waals surface area contributed by atoms with Gasteiger partial charge in [0.2, 0.25) is 17.1 Å².